The van der Waals surface area contributed by atoms with E-state index in [1.165, 1.54) is 5.56 Å². The van der Waals surface area contributed by atoms with Crippen LogP contribution < -0.4 is 0 Å². The van der Waals surface area contributed by atoms with Crippen molar-refractivity contribution in [2.75, 3.05) is 0 Å². The van der Waals surface area contributed by atoms with Crippen molar-refractivity contribution in [1.29, 1.82) is 0 Å². The maximum absolute atomic E-state index is 11.6. The van der Waals surface area contributed by atoms with Gasteiger partial charge in [-0.2, -0.15) is 0 Å². The Bertz CT molecular complexity index is 880. The third-order valence-electron chi connectivity index (χ3n) is 4.41. The van der Waals surface area contributed by atoms with Crippen molar-refractivity contribution in [1.82, 2.24) is 9.55 Å². The van der Waals surface area contributed by atoms with E-state index in [9.17, 15) is 9.90 Å². The molecule has 1 aromatic carbocycles. The minimum absolute atomic E-state index is 0.435. The minimum atomic E-state index is -0.843. The summed E-state index contributed by atoms with van der Waals surface area (Å²) in [5, 5.41) is 10.6. The molecule has 4 rings (SSSR count). The molecule has 0 aliphatic heterocycles. The highest BCUT2D eigenvalue weighted by atomic mass is 16.4. The van der Waals surface area contributed by atoms with Gasteiger partial charge in [-0.3, -0.25) is 0 Å². The molecule has 1 aliphatic rings. The van der Waals surface area contributed by atoms with E-state index < -0.39 is 5.97 Å². The standard InChI is InChI=1S/C18H16N2O2/c21-18(22)16-11-14(10-13-4-1-2-6-15(13)16)20-9-7-12-5-3-8-19-17(12)20/h3,5,7-11H,1-2,4,6H2,(H,21,22). The van der Waals surface area contributed by atoms with E-state index in [4.69, 9.17) is 0 Å². The van der Waals surface area contributed by atoms with Gasteiger partial charge < -0.3 is 9.67 Å². The van der Waals surface area contributed by atoms with Crippen LogP contribution in [0.15, 0.2) is 42.7 Å². The molecule has 2 heterocycles. The third-order valence-corrected chi connectivity index (χ3v) is 4.41. The van der Waals surface area contributed by atoms with Gasteiger partial charge in [-0.15, -0.1) is 0 Å². The topological polar surface area (TPSA) is 55.1 Å². The summed E-state index contributed by atoms with van der Waals surface area (Å²) in [6.07, 6.45) is 7.72. The molecule has 1 aliphatic carbocycles. The van der Waals surface area contributed by atoms with Gasteiger partial charge in [-0.1, -0.05) is 0 Å². The first kappa shape index (κ1) is 13.1. The SMILES string of the molecule is O=C(O)c1cc(-n2ccc3cccnc32)cc2c1CCCC2. The largest absolute Gasteiger partial charge is 0.478 e. The Morgan fingerprint density at radius 3 is 2.91 bits per heavy atom. The maximum Gasteiger partial charge on any atom is 0.336 e. The first-order chi connectivity index (χ1) is 10.7. The molecule has 0 saturated carbocycles. The molecule has 4 heteroatoms. The first-order valence-corrected chi connectivity index (χ1v) is 7.55. The van der Waals surface area contributed by atoms with E-state index in [0.29, 0.717) is 5.56 Å². The number of hydrogen-bond donors (Lipinski definition) is 1. The van der Waals surface area contributed by atoms with Gasteiger partial charge in [0, 0.05) is 23.5 Å². The van der Waals surface area contributed by atoms with Crippen molar-refractivity contribution in [3.05, 3.63) is 59.4 Å². The fraction of sp³-hybridized carbons (Fsp3) is 0.222. The van der Waals surface area contributed by atoms with Crippen LogP contribution in [0.2, 0.25) is 0 Å². The Morgan fingerprint density at radius 1 is 1.18 bits per heavy atom. The predicted octanol–water partition coefficient (Wildman–Crippen LogP) is 3.60. The number of fused-ring (bicyclic) bond motifs is 2. The van der Waals surface area contributed by atoms with Gasteiger partial charge in [0.25, 0.3) is 0 Å². The summed E-state index contributed by atoms with van der Waals surface area (Å²) in [7, 11) is 0. The smallest absolute Gasteiger partial charge is 0.336 e. The summed E-state index contributed by atoms with van der Waals surface area (Å²) in [6.45, 7) is 0. The number of benzene rings is 1. The number of carboxylic acids is 1. The summed E-state index contributed by atoms with van der Waals surface area (Å²) in [6, 6.07) is 9.81. The number of aryl methyl sites for hydroxylation is 1. The van der Waals surface area contributed by atoms with E-state index >= 15 is 0 Å². The second kappa shape index (κ2) is 4.98. The Morgan fingerprint density at radius 2 is 2.05 bits per heavy atom. The maximum atomic E-state index is 11.6. The third kappa shape index (κ3) is 1.99. The Labute approximate surface area is 128 Å². The molecule has 0 fully saturated rings. The Balaban J connectivity index is 1.95. The van der Waals surface area contributed by atoms with Crippen molar-refractivity contribution in [3.63, 3.8) is 0 Å². The lowest BCUT2D eigenvalue weighted by molar-refractivity contribution is 0.0695. The number of nitrogens with zero attached hydrogens (tertiary/aromatic N) is 2. The molecule has 2 aromatic heterocycles. The molecule has 0 spiro atoms. The second-order valence-corrected chi connectivity index (χ2v) is 5.75. The summed E-state index contributed by atoms with van der Waals surface area (Å²) >= 11 is 0. The van der Waals surface area contributed by atoms with Crippen LogP contribution in [0.5, 0.6) is 0 Å². The molecule has 0 amide bonds. The highest BCUT2D eigenvalue weighted by Gasteiger charge is 2.19. The number of carbonyl (C=O) groups is 1. The number of hydrogen-bond acceptors (Lipinski definition) is 2. The highest BCUT2D eigenvalue weighted by molar-refractivity contribution is 5.91. The van der Waals surface area contributed by atoms with Crippen LogP contribution in [0.3, 0.4) is 0 Å². The van der Waals surface area contributed by atoms with Crippen LogP contribution >= 0.6 is 0 Å². The molecule has 110 valence electrons. The van der Waals surface area contributed by atoms with Crippen LogP contribution in [-0.4, -0.2) is 20.6 Å². The van der Waals surface area contributed by atoms with Crippen LogP contribution in [0.4, 0.5) is 0 Å². The summed E-state index contributed by atoms with van der Waals surface area (Å²) < 4.78 is 1.97. The Kier molecular flexibility index (Phi) is 2.96. The number of rotatable bonds is 2. The van der Waals surface area contributed by atoms with E-state index in [1.54, 1.807) is 12.3 Å². The van der Waals surface area contributed by atoms with Crippen LogP contribution in [0.1, 0.15) is 34.3 Å². The van der Waals surface area contributed by atoms with Crippen molar-refractivity contribution in [2.45, 2.75) is 25.7 Å². The molecule has 22 heavy (non-hydrogen) atoms. The van der Waals surface area contributed by atoms with Gasteiger partial charge in [-0.25, -0.2) is 9.78 Å². The van der Waals surface area contributed by atoms with Crippen molar-refractivity contribution in [3.8, 4) is 5.69 Å². The molecule has 0 atom stereocenters. The van der Waals surface area contributed by atoms with Gasteiger partial charge in [0.1, 0.15) is 5.65 Å². The lowest BCUT2D eigenvalue weighted by Gasteiger charge is -2.20. The molecular formula is C18H16N2O2. The number of carboxylic acid groups (broad SMARTS) is 1. The quantitative estimate of drug-likeness (QED) is 0.785. The van der Waals surface area contributed by atoms with E-state index in [-0.39, 0.29) is 0 Å². The number of aromatic nitrogens is 2. The van der Waals surface area contributed by atoms with Crippen molar-refractivity contribution >= 4 is 17.0 Å². The molecule has 0 bridgehead atoms. The normalized spacial score (nSPS) is 14.0. The fourth-order valence-corrected chi connectivity index (χ4v) is 3.36. The number of aromatic carboxylic acids is 1. The molecule has 0 radical (unpaired) electrons. The second-order valence-electron chi connectivity index (χ2n) is 5.75. The average molecular weight is 292 g/mol. The lowest BCUT2D eigenvalue weighted by Crippen LogP contribution is -2.12. The first-order valence-electron chi connectivity index (χ1n) is 7.55. The van der Waals surface area contributed by atoms with E-state index in [2.05, 4.69) is 11.1 Å². The molecule has 1 N–H and O–H groups in total. The average Bonchev–Trinajstić information content (AvgIpc) is 2.97. The zero-order valence-electron chi connectivity index (χ0n) is 12.1. The predicted molar refractivity (Wildman–Crippen MR) is 84.7 cm³/mol. The van der Waals surface area contributed by atoms with Gasteiger partial charge in [-0.05, 0) is 67.1 Å². The monoisotopic (exact) mass is 292 g/mol. The van der Waals surface area contributed by atoms with Gasteiger partial charge in [0.05, 0.1) is 5.56 Å². The van der Waals surface area contributed by atoms with E-state index in [0.717, 1.165) is 48.0 Å². The zero-order chi connectivity index (χ0) is 15.1. The lowest BCUT2D eigenvalue weighted by atomic mass is 9.87. The zero-order valence-corrected chi connectivity index (χ0v) is 12.1. The molecule has 3 aromatic rings. The fourth-order valence-electron chi connectivity index (χ4n) is 3.36. The molecular weight excluding hydrogens is 276 g/mol. The van der Waals surface area contributed by atoms with Crippen LogP contribution in [0.25, 0.3) is 16.7 Å². The van der Waals surface area contributed by atoms with Crippen molar-refractivity contribution < 1.29 is 9.90 Å². The van der Waals surface area contributed by atoms with Crippen LogP contribution in [-0.2, 0) is 12.8 Å². The molecule has 0 unspecified atom stereocenters. The van der Waals surface area contributed by atoms with Crippen LogP contribution in [0, 0.1) is 0 Å². The molecule has 0 saturated heterocycles. The van der Waals surface area contributed by atoms with Gasteiger partial charge in [0.2, 0.25) is 0 Å². The summed E-state index contributed by atoms with van der Waals surface area (Å²) in [5.74, 6) is -0.843. The summed E-state index contributed by atoms with van der Waals surface area (Å²) in [5.41, 5.74) is 4.34. The van der Waals surface area contributed by atoms with E-state index in [1.807, 2.05) is 29.0 Å². The van der Waals surface area contributed by atoms with Gasteiger partial charge in [0.15, 0.2) is 0 Å². The highest BCUT2D eigenvalue weighted by Crippen LogP contribution is 2.29. The van der Waals surface area contributed by atoms with Gasteiger partial charge >= 0.3 is 5.97 Å². The summed E-state index contributed by atoms with van der Waals surface area (Å²) in [4.78, 5) is 16.1. The molecule has 4 nitrogen and oxygen atoms in total. The Hall–Kier alpha value is -2.62. The number of pyridine rings is 1. The minimum Gasteiger partial charge on any atom is -0.478 e. The van der Waals surface area contributed by atoms with Crippen molar-refractivity contribution in [2.24, 2.45) is 0 Å².